The maximum Gasteiger partial charge on any atom is 0.255 e. The van der Waals surface area contributed by atoms with Gasteiger partial charge in [-0.2, -0.15) is 0 Å². The van der Waals surface area contributed by atoms with Crippen molar-refractivity contribution in [1.29, 1.82) is 0 Å². The zero-order chi connectivity index (χ0) is 28.7. The fourth-order valence-corrected chi connectivity index (χ4v) is 7.95. The van der Waals surface area contributed by atoms with Crippen molar-refractivity contribution in [2.24, 2.45) is 11.8 Å². The molecule has 2 aromatic carbocycles. The van der Waals surface area contributed by atoms with Gasteiger partial charge in [-0.3, -0.25) is 9.59 Å². The van der Waals surface area contributed by atoms with Crippen molar-refractivity contribution in [2.45, 2.75) is 54.4 Å². The lowest BCUT2D eigenvalue weighted by Gasteiger charge is -2.58. The number of carbonyl (C=O) groups excluding carboxylic acids is 2. The number of rotatable bonds is 9. The number of halogens is 4. The first-order valence-electron chi connectivity index (χ1n) is 12.3. The van der Waals surface area contributed by atoms with E-state index in [1.54, 1.807) is 6.92 Å². The number of nitrogens with one attached hydrogen (secondary N) is 2. The molecule has 8 nitrogen and oxygen atoms in total. The van der Waals surface area contributed by atoms with Crippen LogP contribution in [0.15, 0.2) is 35.2 Å². The molecule has 3 aliphatic carbocycles. The third-order valence-electron chi connectivity index (χ3n) is 7.53. The van der Waals surface area contributed by atoms with E-state index in [0.717, 1.165) is 6.07 Å². The highest BCUT2D eigenvalue weighted by Gasteiger charge is 2.60. The zero-order valence-electron chi connectivity index (χ0n) is 21.1. The molecule has 0 radical (unpaired) electrons. The summed E-state index contributed by atoms with van der Waals surface area (Å²) in [4.78, 5) is 24.8. The second-order valence-corrected chi connectivity index (χ2v) is 12.8. The van der Waals surface area contributed by atoms with Gasteiger partial charge in [0, 0.05) is 36.5 Å². The predicted molar refractivity (Wildman–Crippen MR) is 137 cm³/mol. The van der Waals surface area contributed by atoms with Crippen molar-refractivity contribution in [3.63, 3.8) is 0 Å². The van der Waals surface area contributed by atoms with Crippen LogP contribution in [0.3, 0.4) is 0 Å². The molecule has 0 aromatic heterocycles. The van der Waals surface area contributed by atoms with Crippen molar-refractivity contribution in [2.75, 3.05) is 19.0 Å². The van der Waals surface area contributed by atoms with E-state index < -0.39 is 55.9 Å². The molecule has 5 rings (SSSR count). The van der Waals surface area contributed by atoms with Crippen LogP contribution >= 0.6 is 11.6 Å². The van der Waals surface area contributed by atoms with E-state index in [4.69, 9.17) is 16.3 Å². The van der Waals surface area contributed by atoms with Crippen LogP contribution < -0.4 is 10.6 Å². The van der Waals surface area contributed by atoms with E-state index in [-0.39, 0.29) is 52.4 Å². The van der Waals surface area contributed by atoms with Crippen molar-refractivity contribution in [3.8, 4) is 0 Å². The first-order valence-corrected chi connectivity index (χ1v) is 14.2. The molecule has 0 aliphatic heterocycles. The van der Waals surface area contributed by atoms with E-state index in [0.29, 0.717) is 25.2 Å². The van der Waals surface area contributed by atoms with Crippen LogP contribution in [0.1, 0.15) is 43.0 Å². The second kappa shape index (κ2) is 11.1. The standard InChI is InChI=1S/C26H28ClF3N2O6S/c1-13(12-38-2)31-23(33)11-26(35)15-6-16(26)8-18(7-15)39(36,37)22-5-14(3-4-19(22)27)25(34)32-17-9-20(28)24(30)21(29)10-17/h3-5,9-10,13,15-16,18,35H,6-8,11-12H2,1-2H3,(H,31,33)(H,32,34)/t13-,15?,16?,18?,26?/m0/s1. The zero-order valence-corrected chi connectivity index (χ0v) is 22.7. The van der Waals surface area contributed by atoms with Gasteiger partial charge in [-0.25, -0.2) is 21.6 Å². The molecule has 2 aromatic rings. The topological polar surface area (TPSA) is 122 Å². The van der Waals surface area contributed by atoms with Crippen LogP contribution in [0.25, 0.3) is 0 Å². The minimum Gasteiger partial charge on any atom is -0.389 e. The Labute approximate surface area is 228 Å². The number of fused-ring (bicyclic) bond motifs is 2. The van der Waals surface area contributed by atoms with Crippen molar-refractivity contribution in [1.82, 2.24) is 5.32 Å². The third-order valence-corrected chi connectivity index (χ3v) is 10.2. The molecule has 0 saturated heterocycles. The molecule has 212 valence electrons. The van der Waals surface area contributed by atoms with E-state index in [1.807, 2.05) is 0 Å². The molecule has 2 bridgehead atoms. The Morgan fingerprint density at radius 3 is 2.33 bits per heavy atom. The summed E-state index contributed by atoms with van der Waals surface area (Å²) in [5.74, 6) is -6.73. The molecule has 3 saturated carbocycles. The number of carbonyl (C=O) groups is 2. The van der Waals surface area contributed by atoms with Crippen LogP contribution in [0.2, 0.25) is 5.02 Å². The summed E-state index contributed by atoms with van der Waals surface area (Å²) in [6, 6.07) is 4.48. The highest BCUT2D eigenvalue weighted by atomic mass is 35.5. The molecule has 39 heavy (non-hydrogen) atoms. The van der Waals surface area contributed by atoms with Gasteiger partial charge in [0.25, 0.3) is 5.91 Å². The van der Waals surface area contributed by atoms with Gasteiger partial charge in [-0.15, -0.1) is 0 Å². The van der Waals surface area contributed by atoms with E-state index >= 15 is 0 Å². The maximum absolute atomic E-state index is 13.6. The molecule has 3 atom stereocenters. The van der Waals surface area contributed by atoms with Gasteiger partial charge in [-0.05, 0) is 56.2 Å². The summed E-state index contributed by atoms with van der Waals surface area (Å²) in [6.45, 7) is 2.08. The van der Waals surface area contributed by atoms with Gasteiger partial charge in [0.2, 0.25) is 5.91 Å². The Morgan fingerprint density at radius 2 is 1.74 bits per heavy atom. The number of hydrogen-bond donors (Lipinski definition) is 3. The first-order chi connectivity index (χ1) is 18.3. The third kappa shape index (κ3) is 5.79. The van der Waals surface area contributed by atoms with Crippen LogP contribution in [-0.2, 0) is 19.4 Å². The molecule has 2 amide bonds. The van der Waals surface area contributed by atoms with Gasteiger partial charge in [0.15, 0.2) is 27.3 Å². The summed E-state index contributed by atoms with van der Waals surface area (Å²) < 4.78 is 72.3. The lowest BCUT2D eigenvalue weighted by atomic mass is 9.52. The molecule has 3 aliphatic rings. The van der Waals surface area contributed by atoms with E-state index in [9.17, 15) is 36.3 Å². The van der Waals surface area contributed by atoms with Gasteiger partial charge in [-0.1, -0.05) is 11.6 Å². The molecule has 0 spiro atoms. The van der Waals surface area contributed by atoms with Crippen LogP contribution in [0.4, 0.5) is 18.9 Å². The molecule has 3 fully saturated rings. The normalized spacial score (nSPS) is 24.9. The summed E-state index contributed by atoms with van der Waals surface area (Å²) in [6.07, 6.45) is 0.656. The quantitative estimate of drug-likeness (QED) is 0.383. The monoisotopic (exact) mass is 588 g/mol. The summed E-state index contributed by atoms with van der Waals surface area (Å²) in [7, 11) is -2.55. The number of benzene rings is 2. The second-order valence-electron chi connectivity index (χ2n) is 10.2. The number of methoxy groups -OCH3 is 1. The number of amides is 2. The number of ether oxygens (including phenoxy) is 1. The Morgan fingerprint density at radius 1 is 1.13 bits per heavy atom. The fourth-order valence-electron chi connectivity index (χ4n) is 5.55. The van der Waals surface area contributed by atoms with E-state index in [1.165, 1.54) is 19.2 Å². The number of hydrogen-bond acceptors (Lipinski definition) is 6. The van der Waals surface area contributed by atoms with Gasteiger partial charge in [0.1, 0.15) is 0 Å². The first kappa shape index (κ1) is 29.3. The SMILES string of the molecule is COC[C@H](C)NC(=O)CC1(O)C2CC1CC(S(=O)(=O)c1cc(C(=O)Nc3cc(F)c(F)c(F)c3)ccc1Cl)C2. The van der Waals surface area contributed by atoms with Crippen molar-refractivity contribution < 1.29 is 41.0 Å². The predicted octanol–water partition coefficient (Wildman–Crippen LogP) is 3.85. The summed E-state index contributed by atoms with van der Waals surface area (Å²) in [5.41, 5.74) is -1.82. The maximum atomic E-state index is 13.6. The highest BCUT2D eigenvalue weighted by Crippen LogP contribution is 2.57. The molecule has 2 unspecified atom stereocenters. The van der Waals surface area contributed by atoms with Crippen LogP contribution in [-0.4, -0.2) is 55.9 Å². The number of sulfone groups is 1. The average molecular weight is 589 g/mol. The largest absolute Gasteiger partial charge is 0.389 e. The molecule has 0 heterocycles. The van der Waals surface area contributed by atoms with Crippen LogP contribution in [0.5, 0.6) is 0 Å². The fraction of sp³-hybridized carbons (Fsp3) is 0.462. The van der Waals surface area contributed by atoms with Gasteiger partial charge >= 0.3 is 0 Å². The summed E-state index contributed by atoms with van der Waals surface area (Å²) in [5, 5.41) is 15.1. The molecular weight excluding hydrogens is 561 g/mol. The molecule has 13 heteroatoms. The summed E-state index contributed by atoms with van der Waals surface area (Å²) >= 11 is 6.21. The van der Waals surface area contributed by atoms with Crippen molar-refractivity contribution >= 4 is 38.9 Å². The Balaban J connectivity index is 1.48. The lowest BCUT2D eigenvalue weighted by molar-refractivity contribution is -0.184. The van der Waals surface area contributed by atoms with Gasteiger partial charge in [0.05, 0.1) is 33.8 Å². The minimum absolute atomic E-state index is 0.108. The minimum atomic E-state index is -4.06. The van der Waals surface area contributed by atoms with Crippen LogP contribution in [0, 0.1) is 29.3 Å². The molecule has 3 N–H and O–H groups in total. The Hall–Kier alpha value is -2.67. The highest BCUT2D eigenvalue weighted by molar-refractivity contribution is 7.92. The van der Waals surface area contributed by atoms with E-state index in [2.05, 4.69) is 10.6 Å². The molecular formula is C26H28ClF3N2O6S. The number of aliphatic hydroxyl groups is 1. The Kier molecular flexibility index (Phi) is 8.32. The van der Waals surface area contributed by atoms with Gasteiger partial charge < -0.3 is 20.5 Å². The average Bonchev–Trinajstić information content (AvgIpc) is 2.87. The lowest BCUT2D eigenvalue weighted by Crippen LogP contribution is -2.63. The Bertz CT molecular complexity index is 1370. The van der Waals surface area contributed by atoms with Crippen molar-refractivity contribution in [3.05, 3.63) is 58.4 Å². The number of anilines is 1. The smallest absolute Gasteiger partial charge is 0.255 e.